The second kappa shape index (κ2) is 6.53. The normalized spacial score (nSPS) is 19.7. The SMILES string of the molecule is CCCc1nc(N2CCCC2C)sc1CNCC. The van der Waals surface area contributed by atoms with Crippen molar-refractivity contribution in [2.45, 2.75) is 59.0 Å². The van der Waals surface area contributed by atoms with E-state index in [2.05, 4.69) is 31.0 Å². The minimum atomic E-state index is 0.664. The molecule has 1 saturated heterocycles. The van der Waals surface area contributed by atoms with E-state index < -0.39 is 0 Å². The summed E-state index contributed by atoms with van der Waals surface area (Å²) >= 11 is 1.89. The summed E-state index contributed by atoms with van der Waals surface area (Å²) in [7, 11) is 0. The number of aromatic nitrogens is 1. The highest BCUT2D eigenvalue weighted by Crippen LogP contribution is 2.32. The number of rotatable bonds is 6. The van der Waals surface area contributed by atoms with Crippen molar-refractivity contribution in [1.29, 1.82) is 0 Å². The van der Waals surface area contributed by atoms with E-state index in [1.807, 2.05) is 11.3 Å². The monoisotopic (exact) mass is 267 g/mol. The Kier molecular flexibility index (Phi) is 5.01. The van der Waals surface area contributed by atoms with Gasteiger partial charge in [-0.15, -0.1) is 11.3 Å². The van der Waals surface area contributed by atoms with Gasteiger partial charge in [0.2, 0.25) is 0 Å². The molecule has 4 heteroatoms. The van der Waals surface area contributed by atoms with Crippen LogP contribution in [0.25, 0.3) is 0 Å². The molecule has 0 spiro atoms. The van der Waals surface area contributed by atoms with Gasteiger partial charge in [0.25, 0.3) is 0 Å². The van der Waals surface area contributed by atoms with E-state index in [1.54, 1.807) is 0 Å². The first-order valence-electron chi connectivity index (χ1n) is 7.22. The second-order valence-electron chi connectivity index (χ2n) is 5.08. The van der Waals surface area contributed by atoms with E-state index in [0.29, 0.717) is 6.04 Å². The standard InChI is InChI=1S/C14H25N3S/c1-4-7-12-13(10-15-5-2)18-14(16-12)17-9-6-8-11(17)3/h11,15H,4-10H2,1-3H3. The quantitative estimate of drug-likeness (QED) is 0.858. The lowest BCUT2D eigenvalue weighted by Gasteiger charge is -2.19. The van der Waals surface area contributed by atoms with E-state index in [0.717, 1.165) is 19.5 Å². The van der Waals surface area contributed by atoms with Crippen LogP contribution >= 0.6 is 11.3 Å². The van der Waals surface area contributed by atoms with Crippen molar-refractivity contribution in [3.63, 3.8) is 0 Å². The third-order valence-electron chi connectivity index (χ3n) is 3.59. The molecule has 1 aliphatic rings. The maximum absolute atomic E-state index is 4.89. The second-order valence-corrected chi connectivity index (χ2v) is 6.14. The third-order valence-corrected chi connectivity index (χ3v) is 4.72. The predicted octanol–water partition coefficient (Wildman–Crippen LogP) is 3.19. The maximum atomic E-state index is 4.89. The van der Waals surface area contributed by atoms with Crippen LogP contribution in [0.1, 0.15) is 50.6 Å². The van der Waals surface area contributed by atoms with Gasteiger partial charge in [0, 0.05) is 24.0 Å². The molecule has 1 aliphatic heterocycles. The number of hydrogen-bond donors (Lipinski definition) is 1. The zero-order valence-electron chi connectivity index (χ0n) is 11.8. The lowest BCUT2D eigenvalue weighted by molar-refractivity contribution is 0.719. The number of nitrogens with zero attached hydrogens (tertiary/aromatic N) is 2. The van der Waals surface area contributed by atoms with Crippen LogP contribution in [0.2, 0.25) is 0 Å². The van der Waals surface area contributed by atoms with Gasteiger partial charge in [-0.3, -0.25) is 0 Å². The zero-order chi connectivity index (χ0) is 13.0. The highest BCUT2D eigenvalue weighted by atomic mass is 32.1. The largest absolute Gasteiger partial charge is 0.345 e. The highest BCUT2D eigenvalue weighted by Gasteiger charge is 2.24. The number of nitrogens with one attached hydrogen (secondary N) is 1. The van der Waals surface area contributed by atoms with E-state index in [4.69, 9.17) is 4.98 Å². The first kappa shape index (κ1) is 13.8. The number of anilines is 1. The predicted molar refractivity (Wildman–Crippen MR) is 79.5 cm³/mol. The van der Waals surface area contributed by atoms with Crippen molar-refractivity contribution in [2.75, 3.05) is 18.0 Å². The number of aryl methyl sites for hydroxylation is 1. The van der Waals surface area contributed by atoms with E-state index in [1.165, 1.54) is 41.5 Å². The molecule has 1 unspecified atom stereocenters. The fourth-order valence-electron chi connectivity index (χ4n) is 2.52. The van der Waals surface area contributed by atoms with Gasteiger partial charge < -0.3 is 10.2 Å². The van der Waals surface area contributed by atoms with Crippen LogP contribution in [0.5, 0.6) is 0 Å². The molecule has 0 aromatic carbocycles. The Labute approximate surface area is 115 Å². The summed E-state index contributed by atoms with van der Waals surface area (Å²) in [5.41, 5.74) is 1.32. The Morgan fingerprint density at radius 2 is 2.28 bits per heavy atom. The summed E-state index contributed by atoms with van der Waals surface area (Å²) in [5.74, 6) is 0. The summed E-state index contributed by atoms with van der Waals surface area (Å²) in [4.78, 5) is 8.81. The molecule has 102 valence electrons. The summed E-state index contributed by atoms with van der Waals surface area (Å²) in [5, 5.41) is 4.68. The first-order chi connectivity index (χ1) is 8.76. The molecule has 1 fully saturated rings. The summed E-state index contributed by atoms with van der Waals surface area (Å²) in [6.45, 7) is 9.89. The molecule has 1 atom stereocenters. The lowest BCUT2D eigenvalue weighted by atomic mass is 10.2. The van der Waals surface area contributed by atoms with Crippen LogP contribution in [-0.2, 0) is 13.0 Å². The van der Waals surface area contributed by atoms with Crippen molar-refractivity contribution in [3.8, 4) is 0 Å². The van der Waals surface area contributed by atoms with Gasteiger partial charge in [0.15, 0.2) is 5.13 Å². The minimum Gasteiger partial charge on any atom is -0.345 e. The molecule has 0 aliphatic carbocycles. The summed E-state index contributed by atoms with van der Waals surface area (Å²) in [6, 6.07) is 0.664. The molecule has 1 aromatic heterocycles. The first-order valence-corrected chi connectivity index (χ1v) is 8.03. The van der Waals surface area contributed by atoms with Crippen LogP contribution in [-0.4, -0.2) is 24.1 Å². The fraction of sp³-hybridized carbons (Fsp3) is 0.786. The molecule has 1 N–H and O–H groups in total. The smallest absolute Gasteiger partial charge is 0.186 e. The van der Waals surface area contributed by atoms with Crippen molar-refractivity contribution >= 4 is 16.5 Å². The van der Waals surface area contributed by atoms with E-state index >= 15 is 0 Å². The van der Waals surface area contributed by atoms with Crippen LogP contribution in [0.3, 0.4) is 0 Å². The van der Waals surface area contributed by atoms with Gasteiger partial charge in [0.05, 0.1) is 5.69 Å². The molecule has 3 nitrogen and oxygen atoms in total. The molecule has 0 amide bonds. The number of thiazole rings is 1. The Balaban J connectivity index is 2.15. The van der Waals surface area contributed by atoms with Crippen LogP contribution in [0, 0.1) is 0 Å². The number of hydrogen-bond acceptors (Lipinski definition) is 4. The molecule has 0 saturated carbocycles. The van der Waals surface area contributed by atoms with Crippen molar-refractivity contribution in [3.05, 3.63) is 10.6 Å². The van der Waals surface area contributed by atoms with E-state index in [-0.39, 0.29) is 0 Å². The van der Waals surface area contributed by atoms with Gasteiger partial charge in [0.1, 0.15) is 0 Å². The highest BCUT2D eigenvalue weighted by molar-refractivity contribution is 7.15. The zero-order valence-corrected chi connectivity index (χ0v) is 12.6. The molecule has 2 rings (SSSR count). The van der Waals surface area contributed by atoms with Crippen LogP contribution in [0.15, 0.2) is 0 Å². The summed E-state index contributed by atoms with van der Waals surface area (Å²) < 4.78 is 0. The summed E-state index contributed by atoms with van der Waals surface area (Å²) in [6.07, 6.45) is 4.91. The van der Waals surface area contributed by atoms with Gasteiger partial charge in [-0.05, 0) is 32.7 Å². The molecule has 1 aromatic rings. The average molecular weight is 267 g/mol. The van der Waals surface area contributed by atoms with Gasteiger partial charge in [-0.1, -0.05) is 20.3 Å². The van der Waals surface area contributed by atoms with Crippen molar-refractivity contribution < 1.29 is 0 Å². The van der Waals surface area contributed by atoms with Gasteiger partial charge >= 0.3 is 0 Å². The minimum absolute atomic E-state index is 0.664. The fourth-order valence-corrected chi connectivity index (χ4v) is 3.72. The molecule has 18 heavy (non-hydrogen) atoms. The Bertz CT molecular complexity index is 375. The Morgan fingerprint density at radius 1 is 1.44 bits per heavy atom. The van der Waals surface area contributed by atoms with Crippen molar-refractivity contribution in [2.24, 2.45) is 0 Å². The average Bonchev–Trinajstić information content (AvgIpc) is 2.94. The molecule has 0 radical (unpaired) electrons. The molecule has 0 bridgehead atoms. The van der Waals surface area contributed by atoms with E-state index in [9.17, 15) is 0 Å². The molecular formula is C14H25N3S. The maximum Gasteiger partial charge on any atom is 0.186 e. The Hall–Kier alpha value is -0.610. The topological polar surface area (TPSA) is 28.2 Å². The van der Waals surface area contributed by atoms with Crippen molar-refractivity contribution in [1.82, 2.24) is 10.3 Å². The Morgan fingerprint density at radius 3 is 2.89 bits per heavy atom. The van der Waals surface area contributed by atoms with Crippen LogP contribution < -0.4 is 10.2 Å². The van der Waals surface area contributed by atoms with Gasteiger partial charge in [-0.2, -0.15) is 0 Å². The van der Waals surface area contributed by atoms with Gasteiger partial charge in [-0.25, -0.2) is 4.98 Å². The molecule has 2 heterocycles. The lowest BCUT2D eigenvalue weighted by Crippen LogP contribution is -2.25. The molecular weight excluding hydrogens is 242 g/mol. The third kappa shape index (κ3) is 3.04. The van der Waals surface area contributed by atoms with Crippen LogP contribution in [0.4, 0.5) is 5.13 Å².